The number of fused-ring (bicyclic) bond motifs is 1. The molecule has 2 aliphatic heterocycles. The van der Waals surface area contributed by atoms with Crippen molar-refractivity contribution in [2.75, 3.05) is 11.9 Å². The topological polar surface area (TPSA) is 84.3 Å². The summed E-state index contributed by atoms with van der Waals surface area (Å²) in [7, 11) is 0. The molecule has 0 saturated carbocycles. The fourth-order valence-electron chi connectivity index (χ4n) is 4.34. The summed E-state index contributed by atoms with van der Waals surface area (Å²) >= 11 is 12.7. The van der Waals surface area contributed by atoms with Gasteiger partial charge in [-0.05, 0) is 51.3 Å². The highest BCUT2D eigenvalue weighted by molar-refractivity contribution is 6.39. The van der Waals surface area contributed by atoms with Crippen molar-refractivity contribution in [1.82, 2.24) is 14.7 Å². The summed E-state index contributed by atoms with van der Waals surface area (Å²) < 4.78 is 1.45. The van der Waals surface area contributed by atoms with Gasteiger partial charge in [0.15, 0.2) is 0 Å². The molecule has 1 aromatic heterocycles. The summed E-state index contributed by atoms with van der Waals surface area (Å²) in [5.41, 5.74) is 3.60. The fraction of sp³-hybridized carbons (Fsp3) is 0.391. The Morgan fingerprint density at radius 3 is 2.59 bits per heavy atom. The van der Waals surface area contributed by atoms with Gasteiger partial charge in [0.2, 0.25) is 5.91 Å². The molecule has 0 aliphatic carbocycles. The van der Waals surface area contributed by atoms with Crippen molar-refractivity contribution < 1.29 is 14.4 Å². The number of carbonyl (C=O) groups is 3. The molecule has 0 bridgehead atoms. The fourth-order valence-corrected chi connectivity index (χ4v) is 4.78. The van der Waals surface area contributed by atoms with Crippen LogP contribution in [-0.2, 0) is 11.2 Å². The SMILES string of the molecule is CC(=O)Nc1c(Cl)ccc(Cl)c1C(=O)N1CCCC[C@H]1c1cc2n(n1)C(=O)C(C)=C(C)C2. The number of piperidine rings is 1. The van der Waals surface area contributed by atoms with E-state index < -0.39 is 0 Å². The second kappa shape index (κ2) is 8.71. The third kappa shape index (κ3) is 3.95. The Hall–Kier alpha value is -2.64. The number of rotatable bonds is 3. The molecule has 0 unspecified atom stereocenters. The van der Waals surface area contributed by atoms with E-state index in [1.54, 1.807) is 17.0 Å². The monoisotopic (exact) mass is 474 g/mol. The largest absolute Gasteiger partial charge is 0.330 e. The van der Waals surface area contributed by atoms with Crippen LogP contribution in [-0.4, -0.2) is 38.9 Å². The van der Waals surface area contributed by atoms with E-state index in [-0.39, 0.29) is 45.1 Å². The number of nitrogens with one attached hydrogen (secondary N) is 1. The molecule has 2 aromatic rings. The summed E-state index contributed by atoms with van der Waals surface area (Å²) in [5, 5.41) is 7.68. The molecule has 1 aromatic carbocycles. The normalized spacial score (nSPS) is 18.6. The standard InChI is InChI=1S/C23H24Cl2N4O3/c1-12-10-15-11-18(27-29(15)22(31)13(12)2)19-6-4-5-9-28(19)23(32)20-16(24)7-8-17(25)21(20)26-14(3)30/h7-8,11,19H,4-6,9-10H2,1-3H3,(H,26,30)/t19-/m0/s1. The zero-order chi connectivity index (χ0) is 23.2. The lowest BCUT2D eigenvalue weighted by Crippen LogP contribution is -2.39. The predicted molar refractivity (Wildman–Crippen MR) is 123 cm³/mol. The van der Waals surface area contributed by atoms with Gasteiger partial charge in [0, 0.05) is 25.5 Å². The number of hydrogen-bond donors (Lipinski definition) is 1. The van der Waals surface area contributed by atoms with Gasteiger partial charge in [-0.3, -0.25) is 14.4 Å². The molecule has 2 amide bonds. The van der Waals surface area contributed by atoms with Crippen molar-refractivity contribution in [1.29, 1.82) is 0 Å². The number of aromatic nitrogens is 2. The molecule has 1 saturated heterocycles. The van der Waals surface area contributed by atoms with Crippen LogP contribution in [0.4, 0.5) is 5.69 Å². The van der Waals surface area contributed by atoms with E-state index >= 15 is 0 Å². The minimum Gasteiger partial charge on any atom is -0.330 e. The second-order valence-corrected chi connectivity index (χ2v) is 9.14. The van der Waals surface area contributed by atoms with Crippen molar-refractivity contribution in [2.45, 2.75) is 52.5 Å². The first-order chi connectivity index (χ1) is 15.2. The molecule has 2 aliphatic rings. The Bertz CT molecular complexity index is 1170. The summed E-state index contributed by atoms with van der Waals surface area (Å²) in [4.78, 5) is 39.8. The van der Waals surface area contributed by atoms with Crippen molar-refractivity contribution in [3.63, 3.8) is 0 Å². The number of hydrogen-bond acceptors (Lipinski definition) is 4. The first-order valence-corrected chi connectivity index (χ1v) is 11.3. The number of allylic oxidation sites excluding steroid dienone is 2. The van der Waals surface area contributed by atoms with Gasteiger partial charge in [-0.15, -0.1) is 0 Å². The Morgan fingerprint density at radius 2 is 1.88 bits per heavy atom. The summed E-state index contributed by atoms with van der Waals surface area (Å²) in [6.45, 7) is 5.62. The van der Waals surface area contributed by atoms with E-state index in [4.69, 9.17) is 23.2 Å². The molecule has 3 heterocycles. The zero-order valence-electron chi connectivity index (χ0n) is 18.2. The highest BCUT2D eigenvalue weighted by Crippen LogP contribution is 2.38. The molecule has 1 atom stereocenters. The van der Waals surface area contributed by atoms with Gasteiger partial charge in [-0.2, -0.15) is 5.10 Å². The number of likely N-dealkylation sites (tertiary alicyclic amines) is 1. The number of nitrogens with zero attached hydrogens (tertiary/aromatic N) is 3. The average Bonchev–Trinajstić information content (AvgIpc) is 3.18. The summed E-state index contributed by atoms with van der Waals surface area (Å²) in [6.07, 6.45) is 3.14. The highest BCUT2D eigenvalue weighted by atomic mass is 35.5. The van der Waals surface area contributed by atoms with E-state index in [1.807, 2.05) is 19.9 Å². The van der Waals surface area contributed by atoms with E-state index in [2.05, 4.69) is 10.4 Å². The van der Waals surface area contributed by atoms with Crippen molar-refractivity contribution in [3.8, 4) is 0 Å². The quantitative estimate of drug-likeness (QED) is 0.674. The van der Waals surface area contributed by atoms with Crippen molar-refractivity contribution >= 4 is 46.6 Å². The lowest BCUT2D eigenvalue weighted by Gasteiger charge is -2.35. The van der Waals surface area contributed by atoms with Crippen LogP contribution in [0.15, 0.2) is 29.3 Å². The van der Waals surface area contributed by atoms with E-state index in [0.717, 1.165) is 30.5 Å². The Labute approximate surface area is 196 Å². The lowest BCUT2D eigenvalue weighted by atomic mass is 9.96. The maximum absolute atomic E-state index is 13.7. The van der Waals surface area contributed by atoms with Crippen LogP contribution in [0.2, 0.25) is 10.0 Å². The van der Waals surface area contributed by atoms with Crippen molar-refractivity contribution in [2.24, 2.45) is 0 Å². The molecular weight excluding hydrogens is 451 g/mol. The first kappa shape index (κ1) is 22.6. The van der Waals surface area contributed by atoms with Gasteiger partial charge in [-0.1, -0.05) is 28.8 Å². The molecular formula is C23H24Cl2N4O3. The van der Waals surface area contributed by atoms with Crippen LogP contribution < -0.4 is 5.32 Å². The minimum atomic E-state index is -0.350. The average molecular weight is 475 g/mol. The number of halogens is 2. The highest BCUT2D eigenvalue weighted by Gasteiger charge is 2.35. The van der Waals surface area contributed by atoms with Crippen molar-refractivity contribution in [3.05, 3.63) is 56.3 Å². The Balaban J connectivity index is 1.73. The molecule has 168 valence electrons. The van der Waals surface area contributed by atoms with Gasteiger partial charge in [0.1, 0.15) is 0 Å². The van der Waals surface area contributed by atoms with Crippen LogP contribution in [0.25, 0.3) is 0 Å². The predicted octanol–water partition coefficient (Wildman–Crippen LogP) is 5.05. The molecule has 4 rings (SSSR count). The van der Waals surface area contributed by atoms with E-state index in [0.29, 0.717) is 24.2 Å². The maximum atomic E-state index is 13.7. The summed E-state index contributed by atoms with van der Waals surface area (Å²) in [6, 6.07) is 4.71. The van der Waals surface area contributed by atoms with Crippen LogP contribution in [0.5, 0.6) is 0 Å². The van der Waals surface area contributed by atoms with Crippen LogP contribution in [0.3, 0.4) is 0 Å². The number of amides is 2. The van der Waals surface area contributed by atoms with Gasteiger partial charge < -0.3 is 10.2 Å². The molecule has 1 fully saturated rings. The summed E-state index contributed by atoms with van der Waals surface area (Å²) in [5.74, 6) is -0.805. The molecule has 1 N–H and O–H groups in total. The smallest absolute Gasteiger partial charge is 0.274 e. The van der Waals surface area contributed by atoms with Gasteiger partial charge >= 0.3 is 0 Å². The number of carbonyl (C=O) groups excluding carboxylic acids is 3. The maximum Gasteiger partial charge on any atom is 0.274 e. The minimum absolute atomic E-state index is 0.130. The number of anilines is 1. The second-order valence-electron chi connectivity index (χ2n) is 8.33. The molecule has 32 heavy (non-hydrogen) atoms. The molecule has 7 nitrogen and oxygen atoms in total. The Morgan fingerprint density at radius 1 is 1.16 bits per heavy atom. The zero-order valence-corrected chi connectivity index (χ0v) is 19.7. The molecule has 0 radical (unpaired) electrons. The molecule has 9 heteroatoms. The molecule has 0 spiro atoms. The van der Waals surface area contributed by atoms with E-state index in [1.165, 1.54) is 11.6 Å². The third-order valence-electron chi connectivity index (χ3n) is 6.13. The van der Waals surface area contributed by atoms with Gasteiger partial charge in [0.25, 0.3) is 11.8 Å². The number of benzene rings is 1. The van der Waals surface area contributed by atoms with Crippen LogP contribution >= 0.6 is 23.2 Å². The Kier molecular flexibility index (Phi) is 6.14. The lowest BCUT2D eigenvalue weighted by molar-refractivity contribution is -0.114. The van der Waals surface area contributed by atoms with Gasteiger partial charge in [0.05, 0.1) is 38.7 Å². The first-order valence-electron chi connectivity index (χ1n) is 10.6. The van der Waals surface area contributed by atoms with E-state index in [9.17, 15) is 14.4 Å². The van der Waals surface area contributed by atoms with Gasteiger partial charge in [-0.25, -0.2) is 4.68 Å². The third-order valence-corrected chi connectivity index (χ3v) is 6.76. The van der Waals surface area contributed by atoms with Crippen LogP contribution in [0, 0.1) is 0 Å². The van der Waals surface area contributed by atoms with Crippen LogP contribution in [0.1, 0.15) is 72.6 Å².